The van der Waals surface area contributed by atoms with E-state index in [1.807, 2.05) is 4.90 Å². The van der Waals surface area contributed by atoms with E-state index in [9.17, 15) is 9.59 Å². The number of hydrogen-bond acceptors (Lipinski definition) is 5. The van der Waals surface area contributed by atoms with Crippen LogP contribution >= 0.6 is 0 Å². The number of morpholine rings is 1. The summed E-state index contributed by atoms with van der Waals surface area (Å²) in [4.78, 5) is 24.8. The Morgan fingerprint density at radius 3 is 3.00 bits per heavy atom. The lowest BCUT2D eigenvalue weighted by Crippen LogP contribution is -2.52. The number of rotatable bonds is 5. The van der Waals surface area contributed by atoms with Gasteiger partial charge in [-0.3, -0.25) is 14.5 Å². The average Bonchev–Trinajstić information content (AvgIpc) is 3.14. The third kappa shape index (κ3) is 3.15. The zero-order valence-corrected chi connectivity index (χ0v) is 12.2. The van der Waals surface area contributed by atoms with Crippen molar-refractivity contribution in [2.45, 2.75) is 25.0 Å². The minimum Gasteiger partial charge on any atom is -0.480 e. The highest BCUT2D eigenvalue weighted by Crippen LogP contribution is 2.34. The second-order valence-corrected chi connectivity index (χ2v) is 5.79. The number of carboxylic acid groups (broad SMARTS) is 1. The summed E-state index contributed by atoms with van der Waals surface area (Å²) in [5.74, 6) is -0.533. The number of carboxylic acids is 1. The Morgan fingerprint density at radius 1 is 1.41 bits per heavy atom. The maximum atomic E-state index is 11.9. The SMILES string of the molecule is O=C(O)CN1CCOC2C(CNC(=O)c3ccco3)CCC21. The summed E-state index contributed by atoms with van der Waals surface area (Å²) in [6, 6.07) is 3.43. The molecule has 22 heavy (non-hydrogen) atoms. The van der Waals surface area contributed by atoms with E-state index in [-0.39, 0.29) is 30.5 Å². The molecule has 2 N–H and O–H groups in total. The number of aliphatic carboxylic acids is 1. The monoisotopic (exact) mass is 308 g/mol. The highest BCUT2D eigenvalue weighted by molar-refractivity contribution is 5.91. The molecule has 2 heterocycles. The Morgan fingerprint density at radius 2 is 2.27 bits per heavy atom. The van der Waals surface area contributed by atoms with E-state index in [0.717, 1.165) is 12.8 Å². The molecule has 7 nitrogen and oxygen atoms in total. The Kier molecular flexibility index (Phi) is 4.44. The molecule has 7 heteroatoms. The normalized spacial score (nSPS) is 28.3. The zero-order valence-electron chi connectivity index (χ0n) is 12.2. The lowest BCUT2D eigenvalue weighted by Gasteiger charge is -2.38. The van der Waals surface area contributed by atoms with E-state index in [4.69, 9.17) is 14.3 Å². The third-order valence-electron chi connectivity index (χ3n) is 4.44. The van der Waals surface area contributed by atoms with Crippen LogP contribution < -0.4 is 5.32 Å². The molecule has 1 saturated carbocycles. The molecule has 1 aromatic heterocycles. The summed E-state index contributed by atoms with van der Waals surface area (Å²) in [5.41, 5.74) is 0. The lowest BCUT2D eigenvalue weighted by molar-refractivity contribution is -0.142. The molecule has 0 aromatic carbocycles. The molecule has 2 fully saturated rings. The smallest absolute Gasteiger partial charge is 0.317 e. The maximum absolute atomic E-state index is 11.9. The standard InChI is InChI=1S/C15H20N2O5/c18-13(19)9-17-5-7-22-14-10(3-4-11(14)17)8-16-15(20)12-2-1-6-21-12/h1-2,6,10-11,14H,3-5,7-9H2,(H,16,20)(H,18,19). The van der Waals surface area contributed by atoms with E-state index < -0.39 is 5.97 Å². The summed E-state index contributed by atoms with van der Waals surface area (Å²) in [6.45, 7) is 1.76. The number of nitrogens with zero attached hydrogens (tertiary/aromatic N) is 1. The van der Waals surface area contributed by atoms with Crippen LogP contribution in [0.5, 0.6) is 0 Å². The zero-order chi connectivity index (χ0) is 15.5. The number of ether oxygens (including phenoxy) is 1. The Hall–Kier alpha value is -1.86. The molecular weight excluding hydrogens is 288 g/mol. The summed E-state index contributed by atoms with van der Waals surface area (Å²) in [6.07, 6.45) is 3.28. The first-order valence-corrected chi connectivity index (χ1v) is 7.54. The Labute approximate surface area is 128 Å². The number of fused-ring (bicyclic) bond motifs is 1. The third-order valence-corrected chi connectivity index (χ3v) is 4.44. The lowest BCUT2D eigenvalue weighted by atomic mass is 10.0. The Bertz CT molecular complexity index is 530. The van der Waals surface area contributed by atoms with E-state index >= 15 is 0 Å². The molecule has 1 aromatic rings. The first-order chi connectivity index (χ1) is 10.6. The molecule has 3 rings (SSSR count). The van der Waals surface area contributed by atoms with Crippen molar-refractivity contribution < 1.29 is 23.8 Å². The van der Waals surface area contributed by atoms with Gasteiger partial charge in [0.25, 0.3) is 5.91 Å². The predicted molar refractivity (Wildman–Crippen MR) is 76.5 cm³/mol. The maximum Gasteiger partial charge on any atom is 0.317 e. The van der Waals surface area contributed by atoms with E-state index in [1.165, 1.54) is 6.26 Å². The van der Waals surface area contributed by atoms with Crippen molar-refractivity contribution in [3.05, 3.63) is 24.2 Å². The second-order valence-electron chi connectivity index (χ2n) is 5.79. The van der Waals surface area contributed by atoms with Gasteiger partial charge in [-0.05, 0) is 25.0 Å². The fourth-order valence-electron chi connectivity index (χ4n) is 3.44. The molecule has 0 bridgehead atoms. The van der Waals surface area contributed by atoms with E-state index in [0.29, 0.717) is 25.5 Å². The van der Waals surface area contributed by atoms with Gasteiger partial charge in [-0.25, -0.2) is 0 Å². The first-order valence-electron chi connectivity index (χ1n) is 7.54. The van der Waals surface area contributed by atoms with Gasteiger partial charge < -0.3 is 19.6 Å². The van der Waals surface area contributed by atoms with Crippen LogP contribution in [-0.2, 0) is 9.53 Å². The molecule has 1 aliphatic heterocycles. The van der Waals surface area contributed by atoms with Crippen LogP contribution in [0.2, 0.25) is 0 Å². The van der Waals surface area contributed by atoms with Crippen LogP contribution in [0.1, 0.15) is 23.4 Å². The Balaban J connectivity index is 1.55. The van der Waals surface area contributed by atoms with Gasteiger partial charge in [0.05, 0.1) is 25.5 Å². The van der Waals surface area contributed by atoms with Crippen LogP contribution in [0.25, 0.3) is 0 Å². The number of carbonyl (C=O) groups excluding carboxylic acids is 1. The number of hydrogen-bond donors (Lipinski definition) is 2. The number of carbonyl (C=O) groups is 2. The van der Waals surface area contributed by atoms with Gasteiger partial charge in [-0.15, -0.1) is 0 Å². The predicted octanol–water partition coefficient (Wildman–Crippen LogP) is 0.573. The summed E-state index contributed by atoms with van der Waals surface area (Å²) in [7, 11) is 0. The fourth-order valence-corrected chi connectivity index (χ4v) is 3.44. The van der Waals surface area contributed by atoms with Crippen molar-refractivity contribution in [1.29, 1.82) is 0 Å². The van der Waals surface area contributed by atoms with E-state index in [2.05, 4.69) is 5.32 Å². The van der Waals surface area contributed by atoms with Gasteiger partial charge in [-0.2, -0.15) is 0 Å². The number of nitrogens with one attached hydrogen (secondary N) is 1. The van der Waals surface area contributed by atoms with Gasteiger partial charge in [0, 0.05) is 25.0 Å². The largest absolute Gasteiger partial charge is 0.480 e. The molecule has 1 amide bonds. The van der Waals surface area contributed by atoms with Crippen molar-refractivity contribution in [3.63, 3.8) is 0 Å². The number of furan rings is 1. The summed E-state index contributed by atoms with van der Waals surface area (Å²) in [5, 5.41) is 11.9. The molecular formula is C15H20N2O5. The summed E-state index contributed by atoms with van der Waals surface area (Å²) < 4.78 is 10.9. The van der Waals surface area contributed by atoms with Crippen LogP contribution in [0.4, 0.5) is 0 Å². The van der Waals surface area contributed by atoms with Crippen molar-refractivity contribution >= 4 is 11.9 Å². The topological polar surface area (TPSA) is 92.0 Å². The van der Waals surface area contributed by atoms with Crippen molar-refractivity contribution in [2.24, 2.45) is 5.92 Å². The second kappa shape index (κ2) is 6.50. The van der Waals surface area contributed by atoms with Crippen molar-refractivity contribution in [2.75, 3.05) is 26.2 Å². The first kappa shape index (κ1) is 15.1. The van der Waals surface area contributed by atoms with Gasteiger partial charge in [0.15, 0.2) is 5.76 Å². The minimum absolute atomic E-state index is 0.00926. The highest BCUT2D eigenvalue weighted by Gasteiger charge is 2.43. The number of amides is 1. The van der Waals surface area contributed by atoms with E-state index in [1.54, 1.807) is 12.1 Å². The molecule has 1 aliphatic carbocycles. The van der Waals surface area contributed by atoms with Crippen LogP contribution in [0.3, 0.4) is 0 Å². The highest BCUT2D eigenvalue weighted by atomic mass is 16.5. The average molecular weight is 308 g/mol. The molecule has 1 saturated heterocycles. The molecule has 0 radical (unpaired) electrons. The summed E-state index contributed by atoms with van der Waals surface area (Å²) >= 11 is 0. The minimum atomic E-state index is -0.810. The van der Waals surface area contributed by atoms with Gasteiger partial charge in [0.1, 0.15) is 0 Å². The van der Waals surface area contributed by atoms with Gasteiger partial charge in [-0.1, -0.05) is 0 Å². The van der Waals surface area contributed by atoms with Gasteiger partial charge in [0.2, 0.25) is 0 Å². The molecule has 0 spiro atoms. The quantitative estimate of drug-likeness (QED) is 0.826. The van der Waals surface area contributed by atoms with Crippen LogP contribution in [0.15, 0.2) is 22.8 Å². The fraction of sp³-hybridized carbons (Fsp3) is 0.600. The van der Waals surface area contributed by atoms with Gasteiger partial charge >= 0.3 is 5.97 Å². The molecule has 120 valence electrons. The molecule has 3 unspecified atom stereocenters. The van der Waals surface area contributed by atoms with Crippen molar-refractivity contribution in [1.82, 2.24) is 10.2 Å². The van der Waals surface area contributed by atoms with Crippen LogP contribution in [0, 0.1) is 5.92 Å². The van der Waals surface area contributed by atoms with Crippen molar-refractivity contribution in [3.8, 4) is 0 Å². The molecule has 2 aliphatic rings. The van der Waals surface area contributed by atoms with Crippen LogP contribution in [-0.4, -0.2) is 60.3 Å². The molecule has 3 atom stereocenters.